The molecule has 27 heavy (non-hydrogen) atoms. The maximum absolute atomic E-state index is 12.6. The van der Waals surface area contributed by atoms with Crippen molar-refractivity contribution in [2.75, 3.05) is 13.1 Å². The van der Waals surface area contributed by atoms with Crippen LogP contribution in [0.5, 0.6) is 0 Å². The molecule has 5 nitrogen and oxygen atoms in total. The maximum Gasteiger partial charge on any atom is 0.234 e. The molecule has 6 heteroatoms. The number of pyridine rings is 1. The van der Waals surface area contributed by atoms with Crippen LogP contribution in [0.15, 0.2) is 67.1 Å². The van der Waals surface area contributed by atoms with Gasteiger partial charge in [0, 0.05) is 48.9 Å². The molecule has 3 aromatic rings. The Labute approximate surface area is 163 Å². The Hall–Kier alpha value is -2.63. The van der Waals surface area contributed by atoms with Gasteiger partial charge in [0.25, 0.3) is 0 Å². The van der Waals surface area contributed by atoms with Crippen LogP contribution in [0, 0.1) is 0 Å². The van der Waals surface area contributed by atoms with E-state index in [-0.39, 0.29) is 11.9 Å². The fourth-order valence-electron chi connectivity index (χ4n) is 3.57. The van der Waals surface area contributed by atoms with E-state index in [2.05, 4.69) is 38.1 Å². The molecule has 1 unspecified atom stereocenters. The molecular weight excluding hydrogens is 360 g/mol. The second-order valence-electron chi connectivity index (χ2n) is 6.69. The zero-order chi connectivity index (χ0) is 18.6. The summed E-state index contributed by atoms with van der Waals surface area (Å²) in [4.78, 5) is 18.9. The number of amides is 1. The van der Waals surface area contributed by atoms with E-state index in [1.54, 1.807) is 12.4 Å². The molecule has 1 aromatic carbocycles. The minimum atomic E-state index is 0.0119. The Morgan fingerprint density at radius 1 is 1.15 bits per heavy atom. The molecular formula is C21H21ClN4O. The lowest BCUT2D eigenvalue weighted by molar-refractivity contribution is -0.123. The van der Waals surface area contributed by atoms with Crippen molar-refractivity contribution in [3.63, 3.8) is 0 Å². The number of nitrogens with zero attached hydrogens (tertiary/aromatic N) is 3. The van der Waals surface area contributed by atoms with Crippen molar-refractivity contribution in [3.8, 4) is 0 Å². The topological polar surface area (TPSA) is 50.2 Å². The predicted molar refractivity (Wildman–Crippen MR) is 105 cm³/mol. The summed E-state index contributed by atoms with van der Waals surface area (Å²) in [5.74, 6) is 0.0119. The van der Waals surface area contributed by atoms with Gasteiger partial charge in [0.2, 0.25) is 5.91 Å². The van der Waals surface area contributed by atoms with E-state index in [1.807, 2.05) is 36.4 Å². The molecule has 4 rings (SSSR count). The van der Waals surface area contributed by atoms with Gasteiger partial charge in [-0.2, -0.15) is 0 Å². The first kappa shape index (κ1) is 17.8. The second kappa shape index (κ2) is 7.94. The minimum absolute atomic E-state index is 0.0119. The Balaban J connectivity index is 1.50. The van der Waals surface area contributed by atoms with Crippen molar-refractivity contribution in [1.29, 1.82) is 0 Å². The lowest BCUT2D eigenvalue weighted by atomic mass is 10.00. The zero-order valence-corrected chi connectivity index (χ0v) is 15.6. The fourth-order valence-corrected chi connectivity index (χ4v) is 3.70. The standard InChI is InChI=1S/C21H21ClN4O/c22-18-7-5-17(6-8-18)21-19-4-2-10-25(19)11-12-26(21)15-20(27)24-14-16-3-1-9-23-13-16/h1-10,13,21H,11-12,14-15H2,(H,24,27). The molecule has 0 radical (unpaired) electrons. The van der Waals surface area contributed by atoms with E-state index < -0.39 is 0 Å². The van der Waals surface area contributed by atoms with Crippen LogP contribution in [-0.4, -0.2) is 33.4 Å². The van der Waals surface area contributed by atoms with E-state index in [0.29, 0.717) is 18.1 Å². The summed E-state index contributed by atoms with van der Waals surface area (Å²) in [5.41, 5.74) is 3.33. The number of fused-ring (bicyclic) bond motifs is 1. The van der Waals surface area contributed by atoms with E-state index in [0.717, 1.165) is 24.2 Å². The van der Waals surface area contributed by atoms with E-state index in [9.17, 15) is 4.79 Å². The number of rotatable bonds is 5. The molecule has 3 heterocycles. The number of benzene rings is 1. The molecule has 0 fully saturated rings. The Morgan fingerprint density at radius 3 is 2.78 bits per heavy atom. The average molecular weight is 381 g/mol. The van der Waals surface area contributed by atoms with Gasteiger partial charge in [-0.3, -0.25) is 14.7 Å². The van der Waals surface area contributed by atoms with Crippen molar-refractivity contribution in [3.05, 3.63) is 89.0 Å². The van der Waals surface area contributed by atoms with Crippen molar-refractivity contribution in [2.24, 2.45) is 0 Å². The predicted octanol–water partition coefficient (Wildman–Crippen LogP) is 3.26. The Kier molecular flexibility index (Phi) is 5.23. The molecule has 0 spiro atoms. The first-order valence-electron chi connectivity index (χ1n) is 9.01. The summed E-state index contributed by atoms with van der Waals surface area (Å²) < 4.78 is 2.25. The van der Waals surface area contributed by atoms with Gasteiger partial charge in [0.1, 0.15) is 0 Å². The van der Waals surface area contributed by atoms with Crippen LogP contribution in [0.3, 0.4) is 0 Å². The van der Waals surface area contributed by atoms with E-state index >= 15 is 0 Å². The lowest BCUT2D eigenvalue weighted by Crippen LogP contribution is -2.44. The van der Waals surface area contributed by atoms with E-state index in [4.69, 9.17) is 11.6 Å². The van der Waals surface area contributed by atoms with Crippen LogP contribution in [0.4, 0.5) is 0 Å². The number of hydrogen-bond donors (Lipinski definition) is 1. The summed E-state index contributed by atoms with van der Waals surface area (Å²) in [6, 6.07) is 15.9. The summed E-state index contributed by atoms with van der Waals surface area (Å²) in [6.07, 6.45) is 5.59. The number of carbonyl (C=O) groups is 1. The molecule has 1 atom stereocenters. The molecule has 0 aliphatic carbocycles. The fraction of sp³-hybridized carbons (Fsp3) is 0.238. The SMILES string of the molecule is O=C(CN1CCn2cccc2C1c1ccc(Cl)cc1)NCc1cccnc1. The monoisotopic (exact) mass is 380 g/mol. The van der Waals surface area contributed by atoms with Crippen LogP contribution in [-0.2, 0) is 17.9 Å². The summed E-state index contributed by atoms with van der Waals surface area (Å²) in [6.45, 7) is 2.53. The molecule has 138 valence electrons. The van der Waals surface area contributed by atoms with Gasteiger partial charge in [0.15, 0.2) is 0 Å². The molecule has 0 saturated carbocycles. The lowest BCUT2D eigenvalue weighted by Gasteiger charge is -2.36. The van der Waals surface area contributed by atoms with Gasteiger partial charge in [-0.25, -0.2) is 0 Å². The molecule has 0 bridgehead atoms. The van der Waals surface area contributed by atoms with Gasteiger partial charge >= 0.3 is 0 Å². The van der Waals surface area contributed by atoms with Crippen LogP contribution in [0.25, 0.3) is 0 Å². The highest BCUT2D eigenvalue weighted by Gasteiger charge is 2.29. The third-order valence-electron chi connectivity index (χ3n) is 4.88. The van der Waals surface area contributed by atoms with Crippen LogP contribution in [0.2, 0.25) is 5.02 Å². The number of hydrogen-bond acceptors (Lipinski definition) is 3. The molecule has 0 saturated heterocycles. The quantitative estimate of drug-likeness (QED) is 0.739. The van der Waals surface area contributed by atoms with Crippen molar-refractivity contribution in [1.82, 2.24) is 19.8 Å². The highest BCUT2D eigenvalue weighted by molar-refractivity contribution is 6.30. The molecule has 2 aromatic heterocycles. The number of carbonyl (C=O) groups excluding carboxylic acids is 1. The van der Waals surface area contributed by atoms with E-state index in [1.165, 1.54) is 5.69 Å². The molecule has 1 amide bonds. The number of nitrogens with one attached hydrogen (secondary N) is 1. The Morgan fingerprint density at radius 2 is 2.00 bits per heavy atom. The largest absolute Gasteiger partial charge is 0.351 e. The van der Waals surface area contributed by atoms with Gasteiger partial charge in [-0.1, -0.05) is 29.8 Å². The van der Waals surface area contributed by atoms with Crippen LogP contribution >= 0.6 is 11.6 Å². The maximum atomic E-state index is 12.6. The average Bonchev–Trinajstić information content (AvgIpc) is 3.17. The summed E-state index contributed by atoms with van der Waals surface area (Å²) >= 11 is 6.06. The van der Waals surface area contributed by atoms with Gasteiger partial charge in [0.05, 0.1) is 12.6 Å². The third kappa shape index (κ3) is 4.04. The smallest absolute Gasteiger partial charge is 0.234 e. The van der Waals surface area contributed by atoms with Crippen LogP contribution in [0.1, 0.15) is 22.9 Å². The van der Waals surface area contributed by atoms with Gasteiger partial charge in [-0.05, 0) is 41.5 Å². The van der Waals surface area contributed by atoms with Crippen molar-refractivity contribution < 1.29 is 4.79 Å². The normalized spacial score (nSPS) is 16.7. The number of aromatic nitrogens is 2. The zero-order valence-electron chi connectivity index (χ0n) is 14.9. The van der Waals surface area contributed by atoms with Crippen LogP contribution < -0.4 is 5.32 Å². The van der Waals surface area contributed by atoms with Gasteiger partial charge in [-0.15, -0.1) is 0 Å². The summed E-state index contributed by atoms with van der Waals surface area (Å²) in [7, 11) is 0. The molecule has 1 aliphatic heterocycles. The minimum Gasteiger partial charge on any atom is -0.351 e. The first-order chi connectivity index (χ1) is 13.2. The highest BCUT2D eigenvalue weighted by Crippen LogP contribution is 2.32. The van der Waals surface area contributed by atoms with Gasteiger partial charge < -0.3 is 9.88 Å². The number of halogens is 1. The first-order valence-corrected chi connectivity index (χ1v) is 9.38. The summed E-state index contributed by atoms with van der Waals surface area (Å²) in [5, 5.41) is 3.71. The van der Waals surface area contributed by atoms with Crippen molar-refractivity contribution >= 4 is 17.5 Å². The third-order valence-corrected chi connectivity index (χ3v) is 5.13. The van der Waals surface area contributed by atoms with Crippen molar-refractivity contribution in [2.45, 2.75) is 19.1 Å². The highest BCUT2D eigenvalue weighted by atomic mass is 35.5. The Bertz CT molecular complexity index is 907. The molecule has 1 N–H and O–H groups in total. The second-order valence-corrected chi connectivity index (χ2v) is 7.13. The molecule has 1 aliphatic rings.